The largest absolute Gasteiger partial charge is 0.394 e. The van der Waals surface area contributed by atoms with Crippen LogP contribution in [0.5, 0.6) is 0 Å². The summed E-state index contributed by atoms with van der Waals surface area (Å²) in [6.07, 6.45) is 72.9. The summed E-state index contributed by atoms with van der Waals surface area (Å²) in [4.78, 5) is 13.3. The van der Waals surface area contributed by atoms with Crippen LogP contribution >= 0.6 is 0 Å². The fourth-order valence-electron chi connectivity index (χ4n) is 10.2. The van der Waals surface area contributed by atoms with Crippen LogP contribution in [-0.4, -0.2) is 140 Å². The molecule has 2 heterocycles. The lowest BCUT2D eigenvalue weighted by Gasteiger charge is -2.46. The van der Waals surface area contributed by atoms with Gasteiger partial charge in [0, 0.05) is 6.42 Å². The lowest BCUT2D eigenvalue weighted by Crippen LogP contribution is -2.65. The maximum Gasteiger partial charge on any atom is 0.220 e. The summed E-state index contributed by atoms with van der Waals surface area (Å²) in [5.74, 6) is -0.287. The molecule has 90 heavy (non-hydrogen) atoms. The van der Waals surface area contributed by atoms with Crippen LogP contribution in [0.2, 0.25) is 0 Å². The smallest absolute Gasteiger partial charge is 0.220 e. The minimum atomic E-state index is -1.80. The normalized spacial score (nSPS) is 23.9. The summed E-state index contributed by atoms with van der Waals surface area (Å²) in [5, 5.41) is 87.3. The van der Waals surface area contributed by atoms with E-state index in [2.05, 4.69) is 165 Å². The highest BCUT2D eigenvalue weighted by Crippen LogP contribution is 2.30. The van der Waals surface area contributed by atoms with Crippen LogP contribution in [0.4, 0.5) is 0 Å². The Labute approximate surface area is 544 Å². The van der Waals surface area contributed by atoms with Gasteiger partial charge in [-0.25, -0.2) is 0 Å². The Kier molecular flexibility index (Phi) is 53.0. The molecule has 9 N–H and O–H groups in total. The summed E-state index contributed by atoms with van der Waals surface area (Å²) in [7, 11) is 0. The van der Waals surface area contributed by atoms with Crippen molar-refractivity contribution >= 4 is 5.91 Å². The molecule has 2 rings (SSSR count). The minimum Gasteiger partial charge on any atom is -0.394 e. The standard InChI is InChI=1S/C76H123NO13/c1-3-5-7-9-11-13-15-17-19-21-23-24-25-26-27-28-29-30-31-32-33-34-35-36-37-38-39-40-42-44-46-48-50-52-54-56-58-60-68(81)77-64(65(80)59-57-55-53-51-49-47-45-43-41-22-20-18-16-14-12-10-8-6-4-2)63-87-75-73(86)71(84)74(67(62-79)89-75)90-76-72(85)70(83)69(82)66(61-78)88-76/h5,7,11,13,17,19,23-24,26-27,29-30,32-33,35-36,38-39,42,44,48-51,57,59,64-67,69-76,78-80,82-86H,3-4,6,8-10,12,14-16,18,20-22,25,28,31,34,37,40-41,43,45-47,52-56,58,60-63H2,1-2H3,(H,77,81)/b7-5-,13-11-,19-17-,24-23-,27-26-,30-29-,33-32-,36-35-,39-38-,44-42-,50-48-,51-49+,59-57+. The zero-order valence-electron chi connectivity index (χ0n) is 55.3. The molecule has 1 amide bonds. The highest BCUT2D eigenvalue weighted by molar-refractivity contribution is 5.76. The van der Waals surface area contributed by atoms with Crippen molar-refractivity contribution < 1.29 is 64.6 Å². The molecule has 2 aliphatic rings. The van der Waals surface area contributed by atoms with Crippen LogP contribution in [0.25, 0.3) is 0 Å². The zero-order valence-corrected chi connectivity index (χ0v) is 55.3. The molecule has 12 unspecified atom stereocenters. The van der Waals surface area contributed by atoms with Crippen LogP contribution in [0.1, 0.15) is 219 Å². The molecule has 0 aromatic rings. The third kappa shape index (κ3) is 42.0. The fourth-order valence-corrected chi connectivity index (χ4v) is 10.2. The Bertz CT molecular complexity index is 2120. The van der Waals surface area contributed by atoms with Gasteiger partial charge in [0.25, 0.3) is 0 Å². The summed E-state index contributed by atoms with van der Waals surface area (Å²) in [5.41, 5.74) is 0. The molecule has 0 bridgehead atoms. The molecule has 0 aromatic heterocycles. The number of carbonyl (C=O) groups is 1. The summed E-state index contributed by atoms with van der Waals surface area (Å²) < 4.78 is 22.8. The van der Waals surface area contributed by atoms with E-state index in [1.807, 2.05) is 6.08 Å². The van der Waals surface area contributed by atoms with Crippen LogP contribution in [-0.2, 0) is 23.7 Å². The number of aliphatic hydroxyl groups is 8. The van der Waals surface area contributed by atoms with Gasteiger partial charge in [-0.1, -0.05) is 255 Å². The van der Waals surface area contributed by atoms with Gasteiger partial charge < -0.3 is 65.1 Å². The maximum atomic E-state index is 13.3. The number of hydrogen-bond acceptors (Lipinski definition) is 13. The Hall–Kier alpha value is -4.39. The summed E-state index contributed by atoms with van der Waals surface area (Å²) >= 11 is 0. The number of ether oxygens (including phenoxy) is 4. The van der Waals surface area contributed by atoms with Crippen molar-refractivity contribution in [2.45, 2.75) is 293 Å². The van der Waals surface area contributed by atoms with Crippen molar-refractivity contribution in [3.8, 4) is 0 Å². The number of nitrogens with one attached hydrogen (secondary N) is 1. The van der Waals surface area contributed by atoms with E-state index >= 15 is 0 Å². The Morgan fingerprint density at radius 3 is 1.22 bits per heavy atom. The summed E-state index contributed by atoms with van der Waals surface area (Å²) in [6.45, 7) is 2.63. The number of carbonyl (C=O) groups excluding carboxylic acids is 1. The molecule has 14 heteroatoms. The first-order chi connectivity index (χ1) is 44.1. The molecule has 0 aliphatic carbocycles. The lowest BCUT2D eigenvalue weighted by molar-refractivity contribution is -0.359. The highest BCUT2D eigenvalue weighted by Gasteiger charge is 2.51. The number of unbranched alkanes of at least 4 members (excludes halogenated alkanes) is 17. The van der Waals surface area contributed by atoms with Crippen LogP contribution in [0, 0.1) is 0 Å². The molecule has 2 saturated heterocycles. The van der Waals surface area contributed by atoms with E-state index in [4.69, 9.17) is 18.9 Å². The summed E-state index contributed by atoms with van der Waals surface area (Å²) in [6, 6.07) is -0.963. The topological polar surface area (TPSA) is 228 Å². The van der Waals surface area contributed by atoms with Gasteiger partial charge in [-0.3, -0.25) is 4.79 Å². The predicted octanol–water partition coefficient (Wildman–Crippen LogP) is 14.2. The van der Waals surface area contributed by atoms with Gasteiger partial charge in [-0.2, -0.15) is 0 Å². The molecule has 14 nitrogen and oxygen atoms in total. The molecule has 2 fully saturated rings. The van der Waals surface area contributed by atoms with Crippen molar-refractivity contribution in [2.24, 2.45) is 0 Å². The molecule has 510 valence electrons. The van der Waals surface area contributed by atoms with Crippen LogP contribution < -0.4 is 5.32 Å². The molecule has 0 spiro atoms. The molecule has 0 aromatic carbocycles. The first-order valence-electron chi connectivity index (χ1n) is 34.7. The first kappa shape index (κ1) is 81.7. The zero-order chi connectivity index (χ0) is 65.2. The van der Waals surface area contributed by atoms with Crippen molar-refractivity contribution in [2.75, 3.05) is 19.8 Å². The Balaban J connectivity index is 1.71. The molecular weight excluding hydrogens is 1130 g/mol. The van der Waals surface area contributed by atoms with E-state index in [9.17, 15) is 45.6 Å². The average Bonchev–Trinajstić information content (AvgIpc) is 1.58. The van der Waals surface area contributed by atoms with Gasteiger partial charge in [0.2, 0.25) is 5.91 Å². The second kappa shape index (κ2) is 58.4. The van der Waals surface area contributed by atoms with E-state index in [0.717, 1.165) is 103 Å². The van der Waals surface area contributed by atoms with Crippen molar-refractivity contribution in [3.05, 3.63) is 158 Å². The van der Waals surface area contributed by atoms with Gasteiger partial charge in [0.1, 0.15) is 48.8 Å². The highest BCUT2D eigenvalue weighted by atomic mass is 16.7. The SMILES string of the molecule is CC/C=C\C/C=C\C/C=C\C/C=C\C/C=C\C/C=C\C/C=C\C/C=C\C/C=C\C/C=C\C/C=C\CCCCCC(=O)NC(COC1OC(CO)C(OC2OC(CO)C(O)C(O)C2O)C(O)C1O)C(O)/C=C/CC/C=C/CCCCCCCCCCCCCCC. The lowest BCUT2D eigenvalue weighted by atomic mass is 9.97. The van der Waals surface area contributed by atoms with Crippen LogP contribution in [0.3, 0.4) is 0 Å². The average molecular weight is 1260 g/mol. The predicted molar refractivity (Wildman–Crippen MR) is 368 cm³/mol. The van der Waals surface area contributed by atoms with Crippen LogP contribution in [0.15, 0.2) is 158 Å². The number of allylic oxidation sites excluding steroid dienone is 25. The minimum absolute atomic E-state index is 0.223. The number of amides is 1. The number of rotatable bonds is 54. The van der Waals surface area contributed by atoms with Gasteiger partial charge in [-0.05, 0) is 116 Å². The third-order valence-corrected chi connectivity index (χ3v) is 15.7. The van der Waals surface area contributed by atoms with Crippen molar-refractivity contribution in [3.63, 3.8) is 0 Å². The maximum absolute atomic E-state index is 13.3. The van der Waals surface area contributed by atoms with E-state index < -0.39 is 86.8 Å². The Morgan fingerprint density at radius 2 is 0.778 bits per heavy atom. The first-order valence-corrected chi connectivity index (χ1v) is 34.7. The van der Waals surface area contributed by atoms with E-state index in [1.165, 1.54) is 83.5 Å². The quantitative estimate of drug-likeness (QED) is 0.0204. The molecule has 12 atom stereocenters. The molecule has 0 saturated carbocycles. The van der Waals surface area contributed by atoms with Crippen molar-refractivity contribution in [1.82, 2.24) is 5.32 Å². The van der Waals surface area contributed by atoms with Gasteiger partial charge in [-0.15, -0.1) is 0 Å². The fraction of sp³-hybridized carbons (Fsp3) is 0.645. The van der Waals surface area contributed by atoms with E-state index in [1.54, 1.807) is 6.08 Å². The number of aliphatic hydroxyl groups excluding tert-OH is 8. The second-order valence-electron chi connectivity index (χ2n) is 23.6. The van der Waals surface area contributed by atoms with Crippen molar-refractivity contribution in [1.29, 1.82) is 0 Å². The van der Waals surface area contributed by atoms with E-state index in [0.29, 0.717) is 12.8 Å². The second-order valence-corrected chi connectivity index (χ2v) is 23.6. The van der Waals surface area contributed by atoms with Gasteiger partial charge in [0.05, 0.1) is 32.0 Å². The Morgan fingerprint density at radius 1 is 0.411 bits per heavy atom. The molecule has 2 aliphatic heterocycles. The monoisotopic (exact) mass is 1260 g/mol. The van der Waals surface area contributed by atoms with Gasteiger partial charge in [0.15, 0.2) is 12.6 Å². The number of hydrogen-bond donors (Lipinski definition) is 9. The van der Waals surface area contributed by atoms with Gasteiger partial charge >= 0.3 is 0 Å². The van der Waals surface area contributed by atoms with E-state index in [-0.39, 0.29) is 18.9 Å². The molecular formula is C76H123NO13. The third-order valence-electron chi connectivity index (χ3n) is 15.7. The molecule has 0 radical (unpaired) electrons.